The molecule has 0 aliphatic rings. The van der Waals surface area contributed by atoms with E-state index in [1.54, 1.807) is 20.4 Å². The number of unbranched alkanes of at least 4 members (excludes halogenated alkanes) is 2. The van der Waals surface area contributed by atoms with E-state index in [9.17, 15) is 9.59 Å². The highest BCUT2D eigenvalue weighted by Gasteiger charge is 2.20. The van der Waals surface area contributed by atoms with Gasteiger partial charge in [0.25, 0.3) is 0 Å². The fourth-order valence-electron chi connectivity index (χ4n) is 2.13. The molecule has 0 fully saturated rings. The second-order valence-corrected chi connectivity index (χ2v) is 7.90. The molecule has 0 bridgehead atoms. The first-order valence-electron chi connectivity index (χ1n) is 8.70. The maximum absolute atomic E-state index is 12.5. The molecule has 0 aliphatic carbocycles. The van der Waals surface area contributed by atoms with E-state index in [0.29, 0.717) is 31.9 Å². The minimum absolute atomic E-state index is 0.119. The smallest absolute Gasteiger partial charge is 0.229 e. The summed E-state index contributed by atoms with van der Waals surface area (Å²) in [6, 6.07) is 5.67. The number of aromatic nitrogens is 1. The van der Waals surface area contributed by atoms with Crippen LogP contribution in [0.2, 0.25) is 0 Å². The SMILES string of the molecule is COCCCCC(=O)N(CSSc1ccccn1)C(=O)CCCCOC. The third kappa shape index (κ3) is 10.2. The fourth-order valence-corrected chi connectivity index (χ4v) is 4.07. The molecule has 0 unspecified atom stereocenters. The topological polar surface area (TPSA) is 68.7 Å². The second-order valence-electron chi connectivity index (χ2n) is 5.61. The number of hydrogen-bond donors (Lipinski definition) is 0. The van der Waals surface area contributed by atoms with Gasteiger partial charge in [-0.15, -0.1) is 0 Å². The zero-order chi connectivity index (χ0) is 19.0. The molecule has 0 saturated carbocycles. The normalized spacial score (nSPS) is 10.7. The summed E-state index contributed by atoms with van der Waals surface area (Å²) >= 11 is 0. The molecule has 0 saturated heterocycles. The van der Waals surface area contributed by atoms with Crippen molar-refractivity contribution in [3.05, 3.63) is 24.4 Å². The summed E-state index contributed by atoms with van der Waals surface area (Å²) in [5, 5.41) is 0.859. The molecule has 6 nitrogen and oxygen atoms in total. The third-order valence-electron chi connectivity index (χ3n) is 3.54. The van der Waals surface area contributed by atoms with Crippen molar-refractivity contribution in [2.75, 3.05) is 33.3 Å². The number of carbonyl (C=O) groups is 2. The number of amides is 2. The summed E-state index contributed by atoms with van der Waals surface area (Å²) in [4.78, 5) is 30.6. The summed E-state index contributed by atoms with van der Waals surface area (Å²) in [7, 11) is 6.20. The van der Waals surface area contributed by atoms with Crippen LogP contribution in [-0.4, -0.2) is 55.0 Å². The van der Waals surface area contributed by atoms with Crippen molar-refractivity contribution in [1.29, 1.82) is 0 Å². The first kappa shape index (κ1) is 23.0. The van der Waals surface area contributed by atoms with Crippen LogP contribution in [0.4, 0.5) is 0 Å². The van der Waals surface area contributed by atoms with Crippen LogP contribution in [0, 0.1) is 0 Å². The van der Waals surface area contributed by atoms with E-state index in [4.69, 9.17) is 9.47 Å². The van der Waals surface area contributed by atoms with Gasteiger partial charge in [-0.05, 0) is 48.6 Å². The van der Waals surface area contributed by atoms with Crippen molar-refractivity contribution in [2.45, 2.75) is 43.6 Å². The number of carbonyl (C=O) groups excluding carboxylic acids is 2. The lowest BCUT2D eigenvalue weighted by Gasteiger charge is -2.20. The number of imide groups is 1. The quantitative estimate of drug-likeness (QED) is 0.267. The lowest BCUT2D eigenvalue weighted by molar-refractivity contribution is -0.143. The maximum atomic E-state index is 12.5. The van der Waals surface area contributed by atoms with E-state index in [-0.39, 0.29) is 11.8 Å². The zero-order valence-corrected chi connectivity index (χ0v) is 17.2. The summed E-state index contributed by atoms with van der Waals surface area (Å²) in [6.45, 7) is 1.26. The van der Waals surface area contributed by atoms with Gasteiger partial charge >= 0.3 is 0 Å². The first-order valence-corrected chi connectivity index (χ1v) is 11.0. The average molecular weight is 401 g/mol. The van der Waals surface area contributed by atoms with E-state index in [1.165, 1.54) is 26.5 Å². The minimum Gasteiger partial charge on any atom is -0.385 e. The Morgan fingerprint density at radius 1 is 1.00 bits per heavy atom. The molecule has 26 heavy (non-hydrogen) atoms. The number of pyridine rings is 1. The third-order valence-corrected chi connectivity index (χ3v) is 5.62. The van der Waals surface area contributed by atoms with Crippen LogP contribution in [0.3, 0.4) is 0 Å². The average Bonchev–Trinajstić information content (AvgIpc) is 2.66. The van der Waals surface area contributed by atoms with Crippen molar-refractivity contribution >= 4 is 33.4 Å². The van der Waals surface area contributed by atoms with Crippen molar-refractivity contribution in [3.63, 3.8) is 0 Å². The van der Waals surface area contributed by atoms with Crippen molar-refractivity contribution in [1.82, 2.24) is 9.88 Å². The molecule has 8 heteroatoms. The fraction of sp³-hybridized carbons (Fsp3) is 0.611. The highest BCUT2D eigenvalue weighted by Crippen LogP contribution is 2.30. The van der Waals surface area contributed by atoms with Crippen LogP contribution in [-0.2, 0) is 19.1 Å². The van der Waals surface area contributed by atoms with Gasteiger partial charge in [0.2, 0.25) is 11.8 Å². The molecule has 146 valence electrons. The van der Waals surface area contributed by atoms with Crippen LogP contribution in [0.25, 0.3) is 0 Å². The largest absolute Gasteiger partial charge is 0.385 e. The number of nitrogens with zero attached hydrogens (tertiary/aromatic N) is 2. The maximum Gasteiger partial charge on any atom is 0.229 e. The zero-order valence-electron chi connectivity index (χ0n) is 15.5. The molecule has 0 aliphatic heterocycles. The molecule has 0 radical (unpaired) electrons. The van der Waals surface area contributed by atoms with Gasteiger partial charge in [0.1, 0.15) is 5.03 Å². The van der Waals surface area contributed by atoms with Gasteiger partial charge in [-0.2, -0.15) is 0 Å². The van der Waals surface area contributed by atoms with Gasteiger partial charge in [0.15, 0.2) is 0 Å². The van der Waals surface area contributed by atoms with Gasteiger partial charge < -0.3 is 9.47 Å². The predicted molar refractivity (Wildman–Crippen MR) is 106 cm³/mol. The predicted octanol–water partition coefficient (Wildman–Crippen LogP) is 3.77. The van der Waals surface area contributed by atoms with Crippen LogP contribution >= 0.6 is 21.6 Å². The molecular weight excluding hydrogens is 372 g/mol. The van der Waals surface area contributed by atoms with Crippen molar-refractivity contribution < 1.29 is 19.1 Å². The van der Waals surface area contributed by atoms with Crippen molar-refractivity contribution in [3.8, 4) is 0 Å². The van der Waals surface area contributed by atoms with Gasteiger partial charge in [0, 0.05) is 46.5 Å². The van der Waals surface area contributed by atoms with Crippen LogP contribution in [0.1, 0.15) is 38.5 Å². The Labute approximate surface area is 163 Å². The molecular formula is C18H28N2O4S2. The molecule has 0 atom stereocenters. The second kappa shape index (κ2) is 15.0. The molecule has 1 aromatic heterocycles. The highest BCUT2D eigenvalue weighted by atomic mass is 33.1. The monoisotopic (exact) mass is 400 g/mol. The number of methoxy groups -OCH3 is 2. The molecule has 1 rings (SSSR count). The summed E-state index contributed by atoms with van der Waals surface area (Å²) in [5.41, 5.74) is 0. The van der Waals surface area contributed by atoms with E-state index >= 15 is 0 Å². The Balaban J connectivity index is 2.49. The minimum atomic E-state index is -0.119. The standard InChI is InChI=1S/C18H28N2O4S2/c1-23-13-7-4-10-17(21)20(18(22)11-5-8-14-24-2)15-25-26-16-9-3-6-12-19-16/h3,6,9,12H,4-5,7-8,10-11,13-15H2,1-2H3. The lowest BCUT2D eigenvalue weighted by atomic mass is 10.2. The van der Waals surface area contributed by atoms with Gasteiger partial charge in [-0.3, -0.25) is 14.5 Å². The van der Waals surface area contributed by atoms with Crippen molar-refractivity contribution in [2.24, 2.45) is 0 Å². The van der Waals surface area contributed by atoms with E-state index < -0.39 is 0 Å². The first-order chi connectivity index (χ1) is 12.7. The summed E-state index contributed by atoms with van der Waals surface area (Å²) in [5.74, 6) is 0.0897. The highest BCUT2D eigenvalue weighted by molar-refractivity contribution is 8.76. The number of hydrogen-bond acceptors (Lipinski definition) is 7. The number of rotatable bonds is 14. The van der Waals surface area contributed by atoms with E-state index in [1.807, 2.05) is 18.2 Å². The molecule has 1 aromatic rings. The van der Waals surface area contributed by atoms with E-state index in [2.05, 4.69) is 4.98 Å². The Morgan fingerprint density at radius 2 is 1.62 bits per heavy atom. The molecule has 0 N–H and O–H groups in total. The van der Waals surface area contributed by atoms with Gasteiger partial charge in [-0.1, -0.05) is 16.9 Å². The summed E-state index contributed by atoms with van der Waals surface area (Å²) < 4.78 is 10.0. The van der Waals surface area contributed by atoms with Gasteiger partial charge in [-0.25, -0.2) is 4.98 Å². The lowest BCUT2D eigenvalue weighted by Crippen LogP contribution is -2.36. The molecule has 0 aromatic carbocycles. The van der Waals surface area contributed by atoms with Crippen LogP contribution in [0.5, 0.6) is 0 Å². The Kier molecular flexibility index (Phi) is 13.3. The molecule has 1 heterocycles. The Morgan fingerprint density at radius 3 is 2.12 bits per heavy atom. The Bertz CT molecular complexity index is 493. The van der Waals surface area contributed by atoms with Crippen LogP contribution in [0.15, 0.2) is 29.4 Å². The molecule has 0 spiro atoms. The summed E-state index contributed by atoms with van der Waals surface area (Å²) in [6.07, 6.45) is 5.52. The molecule has 2 amide bonds. The number of ether oxygens (including phenoxy) is 2. The Hall–Kier alpha value is -1.09. The van der Waals surface area contributed by atoms with Crippen LogP contribution < -0.4 is 0 Å². The van der Waals surface area contributed by atoms with E-state index in [0.717, 1.165) is 30.7 Å². The van der Waals surface area contributed by atoms with Gasteiger partial charge in [0.05, 0.1) is 5.88 Å².